The zero-order valence-corrected chi connectivity index (χ0v) is 18.9. The first-order chi connectivity index (χ1) is 11.4. The third-order valence-corrected chi connectivity index (χ3v) is 9.60. The van der Waals surface area contributed by atoms with Gasteiger partial charge in [-0.15, -0.1) is 0 Å². The van der Waals surface area contributed by atoms with E-state index in [9.17, 15) is 4.79 Å². The monoisotopic (exact) mass is 464 g/mol. The Morgan fingerprint density at radius 2 is 1.75 bits per heavy atom. The van der Waals surface area contributed by atoms with E-state index in [0.717, 1.165) is 17.9 Å². The summed E-state index contributed by atoms with van der Waals surface area (Å²) < 4.78 is 0.306. The second-order valence-electron chi connectivity index (χ2n) is 7.03. The number of ketones is 1. The summed E-state index contributed by atoms with van der Waals surface area (Å²) in [6.07, 6.45) is 6.56. The quantitative estimate of drug-likeness (QED) is 0.259. The van der Waals surface area contributed by atoms with Gasteiger partial charge in [0, 0.05) is 0 Å². The number of hydrogen-bond acceptors (Lipinski definition) is 1. The molecule has 0 heterocycles. The number of halogens is 2. The van der Waals surface area contributed by atoms with E-state index in [1.165, 1.54) is 31.2 Å². The summed E-state index contributed by atoms with van der Waals surface area (Å²) in [5.74, 6) is 1.59. The molecule has 0 fully saturated rings. The van der Waals surface area contributed by atoms with Gasteiger partial charge in [0.2, 0.25) is 0 Å². The number of Topliss-reactive ketones (excluding diaryl/α,β-unsaturated/α-hetero) is 1. The minimum atomic E-state index is -1.08. The summed E-state index contributed by atoms with van der Waals surface area (Å²) in [7, 11) is 0. The Morgan fingerprint density at radius 1 is 1.12 bits per heavy atom. The van der Waals surface area contributed by atoms with Crippen LogP contribution < -0.4 is 0 Å². The van der Waals surface area contributed by atoms with E-state index in [0.29, 0.717) is 21.5 Å². The number of carbonyl (C=O) groups excluding carboxylic acids is 1. The van der Waals surface area contributed by atoms with Crippen LogP contribution in [0.5, 0.6) is 0 Å². The molecule has 0 saturated carbocycles. The molecule has 0 saturated heterocycles. The Kier molecular flexibility index (Phi) is 10.5. The number of benzene rings is 1. The topological polar surface area (TPSA) is 17.1 Å². The van der Waals surface area contributed by atoms with Gasteiger partial charge in [-0.2, -0.15) is 0 Å². The molecule has 1 aromatic carbocycles. The van der Waals surface area contributed by atoms with E-state index in [1.54, 1.807) is 0 Å². The van der Waals surface area contributed by atoms with Crippen molar-refractivity contribution in [2.75, 3.05) is 9.86 Å². The average Bonchev–Trinajstić information content (AvgIpc) is 2.53. The molecular weight excluding hydrogens is 431 g/mol. The fourth-order valence-corrected chi connectivity index (χ4v) is 5.25. The summed E-state index contributed by atoms with van der Waals surface area (Å²) in [4.78, 5) is 17.4. The molecule has 0 spiro atoms. The first-order valence-corrected chi connectivity index (χ1v) is 15.1. The van der Waals surface area contributed by atoms with Gasteiger partial charge in [0.25, 0.3) is 0 Å². The molecule has 0 radical (unpaired) electrons. The van der Waals surface area contributed by atoms with E-state index in [1.807, 2.05) is 12.1 Å². The van der Waals surface area contributed by atoms with Crippen LogP contribution in [0.4, 0.5) is 0 Å². The zero-order chi connectivity index (χ0) is 18.1. The average molecular weight is 465 g/mol. The van der Waals surface area contributed by atoms with Crippen molar-refractivity contribution < 1.29 is 4.79 Å². The third-order valence-electron chi connectivity index (χ3n) is 4.93. The van der Waals surface area contributed by atoms with Crippen molar-refractivity contribution in [3.05, 3.63) is 34.9 Å². The molecule has 1 nitrogen and oxygen atoms in total. The predicted molar refractivity (Wildman–Crippen MR) is 117 cm³/mol. The molecule has 138 valence electrons. The van der Waals surface area contributed by atoms with Crippen LogP contribution in [0.25, 0.3) is 0 Å². The molecule has 2 atom stereocenters. The summed E-state index contributed by atoms with van der Waals surface area (Å²) in [5, 5.41) is 0.795. The van der Waals surface area contributed by atoms with Crippen LogP contribution in [-0.2, 0) is 11.2 Å². The van der Waals surface area contributed by atoms with Gasteiger partial charge in [-0.3, -0.25) is 0 Å². The van der Waals surface area contributed by atoms with Crippen molar-refractivity contribution in [3.8, 4) is 0 Å². The molecule has 0 bridgehead atoms. The molecule has 0 amide bonds. The first-order valence-electron chi connectivity index (χ1n) is 9.14. The van der Waals surface area contributed by atoms with Crippen molar-refractivity contribution >= 4 is 37.2 Å². The Hall–Kier alpha value is -0.0900. The second-order valence-corrected chi connectivity index (χ2v) is 14.0. The van der Waals surface area contributed by atoms with E-state index < -0.39 is 19.8 Å². The van der Waals surface area contributed by atoms with Crippen LogP contribution >= 0.6 is 31.4 Å². The molecule has 2 unspecified atom stereocenters. The summed E-state index contributed by atoms with van der Waals surface area (Å²) in [6.45, 7) is 6.66. The van der Waals surface area contributed by atoms with Crippen molar-refractivity contribution in [1.82, 2.24) is 0 Å². The van der Waals surface area contributed by atoms with E-state index in [2.05, 4.69) is 42.8 Å². The summed E-state index contributed by atoms with van der Waals surface area (Å²) >= 11 is 5.09. The molecule has 0 aliphatic heterocycles. The van der Waals surface area contributed by atoms with Crippen LogP contribution in [-0.4, -0.2) is 19.6 Å². The minimum absolute atomic E-state index is 0.306. The van der Waals surface area contributed by atoms with Gasteiger partial charge in [-0.05, 0) is 0 Å². The number of carbonyl (C=O) groups is 1. The number of hydrogen-bond donors (Lipinski definition) is 0. The Labute approximate surface area is 161 Å². The number of alkyl halides is 3. The molecule has 0 aromatic heterocycles. The molecule has 3 heteroatoms. The zero-order valence-electron chi connectivity index (χ0n) is 15.9. The van der Waals surface area contributed by atoms with Crippen molar-refractivity contribution in [2.45, 2.75) is 63.2 Å². The van der Waals surface area contributed by atoms with E-state index in [4.69, 9.17) is 11.6 Å². The standard InChI is InChI=1S/C21H34ClIO/c1-6-9-18(10-7-2)19(15-21(24)16(3)23(4)5)13-17-11-8-12-20(22)14-17/h8,11-12,14,16,18-19H,6-7,9-10,13,15H2,1-5H3. The van der Waals surface area contributed by atoms with Gasteiger partial charge in [0.05, 0.1) is 0 Å². The van der Waals surface area contributed by atoms with Gasteiger partial charge in [-0.1, -0.05) is 0 Å². The molecular formula is C21H34ClIO. The Bertz CT molecular complexity index is 494. The SMILES string of the molecule is CCCC(CCC)C(CC(=O)C(C)I(C)C)Cc1cccc(Cl)c1. The van der Waals surface area contributed by atoms with Crippen molar-refractivity contribution in [2.24, 2.45) is 11.8 Å². The van der Waals surface area contributed by atoms with E-state index in [-0.39, 0.29) is 0 Å². The van der Waals surface area contributed by atoms with Gasteiger partial charge in [0.15, 0.2) is 0 Å². The van der Waals surface area contributed by atoms with Crippen LogP contribution in [0.15, 0.2) is 24.3 Å². The molecule has 1 rings (SSSR count). The fourth-order valence-electron chi connectivity index (χ4n) is 3.39. The van der Waals surface area contributed by atoms with Crippen molar-refractivity contribution in [3.63, 3.8) is 0 Å². The fraction of sp³-hybridized carbons (Fsp3) is 0.667. The maximum absolute atomic E-state index is 12.8. The van der Waals surface area contributed by atoms with Gasteiger partial charge >= 0.3 is 162 Å². The summed E-state index contributed by atoms with van der Waals surface area (Å²) in [6, 6.07) is 8.17. The van der Waals surface area contributed by atoms with Crippen LogP contribution in [0.1, 0.15) is 58.4 Å². The summed E-state index contributed by atoms with van der Waals surface area (Å²) in [5.41, 5.74) is 1.27. The molecule has 1 aromatic rings. The van der Waals surface area contributed by atoms with Crippen LogP contribution in [0.3, 0.4) is 0 Å². The predicted octanol–water partition coefficient (Wildman–Crippen LogP) is 6.83. The molecule has 24 heavy (non-hydrogen) atoms. The maximum atomic E-state index is 12.8. The Balaban J connectivity index is 2.94. The normalized spacial score (nSPS) is 14.5. The van der Waals surface area contributed by atoms with E-state index >= 15 is 0 Å². The van der Waals surface area contributed by atoms with Gasteiger partial charge < -0.3 is 0 Å². The van der Waals surface area contributed by atoms with Crippen molar-refractivity contribution in [1.29, 1.82) is 0 Å². The van der Waals surface area contributed by atoms with Crippen LogP contribution in [0, 0.1) is 11.8 Å². The van der Waals surface area contributed by atoms with Crippen LogP contribution in [0.2, 0.25) is 5.02 Å². The number of rotatable bonds is 11. The molecule has 0 aliphatic rings. The molecule has 0 N–H and O–H groups in total. The Morgan fingerprint density at radius 3 is 2.25 bits per heavy atom. The molecule has 0 aliphatic carbocycles. The van der Waals surface area contributed by atoms with Gasteiger partial charge in [0.1, 0.15) is 0 Å². The third kappa shape index (κ3) is 7.43. The first kappa shape index (κ1) is 22.0. The second kappa shape index (κ2) is 11.5. The van der Waals surface area contributed by atoms with Gasteiger partial charge in [-0.25, -0.2) is 0 Å².